The SMILES string of the molecule is CN1CC[C@H](NC(=O)Nc2ccc3cc2CCc2cccc(c2)Nc2ncc(Cl)c(n2)N3)C1. The first-order valence-corrected chi connectivity index (χ1v) is 11.4. The number of rotatable bonds is 2. The van der Waals surface area contributed by atoms with Crippen molar-refractivity contribution in [2.45, 2.75) is 25.3 Å². The highest BCUT2D eigenvalue weighted by Gasteiger charge is 2.21. The number of benzene rings is 2. The predicted octanol–water partition coefficient (Wildman–Crippen LogP) is 4.54. The molecule has 0 aliphatic carbocycles. The monoisotopic (exact) mass is 463 g/mol. The molecule has 1 aromatic heterocycles. The molecule has 2 aromatic carbocycles. The fourth-order valence-corrected chi connectivity index (χ4v) is 4.40. The Labute approximate surface area is 197 Å². The van der Waals surface area contributed by atoms with Crippen molar-refractivity contribution in [2.24, 2.45) is 0 Å². The number of aryl methyl sites for hydroxylation is 2. The Morgan fingerprint density at radius 2 is 2.03 bits per heavy atom. The molecule has 3 heterocycles. The lowest BCUT2D eigenvalue weighted by molar-refractivity contribution is 0.248. The number of hydrogen-bond donors (Lipinski definition) is 4. The zero-order valence-electron chi connectivity index (χ0n) is 18.4. The zero-order chi connectivity index (χ0) is 22.8. The van der Waals surface area contributed by atoms with Crippen LogP contribution in [0.5, 0.6) is 0 Å². The number of urea groups is 1. The number of nitrogens with one attached hydrogen (secondary N) is 4. The molecule has 1 fully saturated rings. The standard InChI is InChI=1S/C24H26ClN7O/c1-32-10-9-19(14-32)29-24(33)30-21-8-7-18-12-16(21)6-5-15-3-2-4-17(11-15)28-23-26-13-20(25)22(27-18)31-23/h2-4,7-8,11-13,19H,5-6,9-10,14H2,1H3,(H2,29,30,33)(H2,26,27,28,31)/t19-/m0/s1. The van der Waals surface area contributed by atoms with Crippen molar-refractivity contribution in [3.63, 3.8) is 0 Å². The first kappa shape index (κ1) is 21.5. The summed E-state index contributed by atoms with van der Waals surface area (Å²) in [6.45, 7) is 1.87. The average Bonchev–Trinajstić information content (AvgIpc) is 3.20. The van der Waals surface area contributed by atoms with Gasteiger partial charge in [0.1, 0.15) is 5.02 Å². The van der Waals surface area contributed by atoms with Gasteiger partial charge in [0.05, 0.1) is 6.20 Å². The molecule has 0 radical (unpaired) electrons. The van der Waals surface area contributed by atoms with Gasteiger partial charge in [0.25, 0.3) is 0 Å². The molecule has 5 rings (SSSR count). The summed E-state index contributed by atoms with van der Waals surface area (Å²) >= 11 is 6.34. The average molecular weight is 464 g/mol. The lowest BCUT2D eigenvalue weighted by atomic mass is 10.0. The van der Waals surface area contributed by atoms with Crippen LogP contribution >= 0.6 is 11.6 Å². The van der Waals surface area contributed by atoms with Crippen LogP contribution in [0.3, 0.4) is 0 Å². The van der Waals surface area contributed by atoms with Crippen molar-refractivity contribution in [1.82, 2.24) is 20.2 Å². The van der Waals surface area contributed by atoms with Crippen LogP contribution in [-0.2, 0) is 12.8 Å². The van der Waals surface area contributed by atoms with Gasteiger partial charge in [-0.1, -0.05) is 23.7 Å². The maximum absolute atomic E-state index is 12.7. The number of anilines is 5. The van der Waals surface area contributed by atoms with E-state index in [2.05, 4.69) is 55.3 Å². The maximum atomic E-state index is 12.7. The summed E-state index contributed by atoms with van der Waals surface area (Å²) in [4.78, 5) is 23.7. The number of aromatic nitrogens is 2. The Morgan fingerprint density at radius 1 is 1.15 bits per heavy atom. The highest BCUT2D eigenvalue weighted by atomic mass is 35.5. The quantitative estimate of drug-likeness (QED) is 0.445. The number of likely N-dealkylation sites (tertiary alicyclic amines) is 1. The number of likely N-dealkylation sites (N-methyl/N-ethyl adjacent to an activating group) is 1. The minimum absolute atomic E-state index is 0.172. The van der Waals surface area contributed by atoms with Crippen molar-refractivity contribution < 1.29 is 4.79 Å². The number of halogens is 1. The van der Waals surface area contributed by atoms with E-state index in [9.17, 15) is 4.79 Å². The molecule has 170 valence electrons. The second kappa shape index (κ2) is 9.25. The second-order valence-electron chi connectivity index (χ2n) is 8.56. The maximum Gasteiger partial charge on any atom is 0.319 e. The lowest BCUT2D eigenvalue weighted by Crippen LogP contribution is -2.39. The lowest BCUT2D eigenvalue weighted by Gasteiger charge is -2.17. The molecule has 3 aromatic rings. The summed E-state index contributed by atoms with van der Waals surface area (Å²) in [6, 6.07) is 14.0. The Bertz CT molecular complexity index is 1190. The first-order chi connectivity index (χ1) is 16.0. The van der Waals surface area contributed by atoms with Gasteiger partial charge in [-0.3, -0.25) is 0 Å². The van der Waals surface area contributed by atoms with E-state index < -0.39 is 0 Å². The molecule has 1 saturated heterocycles. The molecule has 0 unspecified atom stereocenters. The van der Waals surface area contributed by atoms with E-state index in [1.54, 1.807) is 6.20 Å². The Hall–Kier alpha value is -3.36. The summed E-state index contributed by atoms with van der Waals surface area (Å²) in [5.74, 6) is 0.977. The fraction of sp³-hybridized carbons (Fsp3) is 0.292. The first-order valence-electron chi connectivity index (χ1n) is 11.1. The van der Waals surface area contributed by atoms with Gasteiger partial charge in [-0.2, -0.15) is 4.98 Å². The van der Waals surface area contributed by atoms with Crippen LogP contribution in [-0.4, -0.2) is 47.1 Å². The third kappa shape index (κ3) is 5.18. The highest BCUT2D eigenvalue weighted by molar-refractivity contribution is 6.32. The van der Waals surface area contributed by atoms with Gasteiger partial charge in [0, 0.05) is 29.6 Å². The predicted molar refractivity (Wildman–Crippen MR) is 132 cm³/mol. The minimum atomic E-state index is -0.176. The molecule has 2 amide bonds. The summed E-state index contributed by atoms with van der Waals surface area (Å²) in [7, 11) is 2.07. The van der Waals surface area contributed by atoms with Crippen molar-refractivity contribution in [1.29, 1.82) is 0 Å². The van der Waals surface area contributed by atoms with E-state index >= 15 is 0 Å². The van der Waals surface area contributed by atoms with Crippen molar-refractivity contribution in [3.05, 3.63) is 64.8 Å². The number of carbonyl (C=O) groups excluding carboxylic acids is 1. The Kier molecular flexibility index (Phi) is 6.02. The summed E-state index contributed by atoms with van der Waals surface area (Å²) in [5, 5.41) is 13.1. The summed E-state index contributed by atoms with van der Waals surface area (Å²) < 4.78 is 0. The normalized spacial score (nSPS) is 17.6. The van der Waals surface area contributed by atoms with E-state index in [4.69, 9.17) is 11.6 Å². The number of hydrogen-bond acceptors (Lipinski definition) is 6. The molecular formula is C24H26ClN7O. The summed E-state index contributed by atoms with van der Waals surface area (Å²) in [6.07, 6.45) is 4.12. The van der Waals surface area contributed by atoms with E-state index in [-0.39, 0.29) is 12.1 Å². The van der Waals surface area contributed by atoms with E-state index in [0.29, 0.717) is 16.8 Å². The van der Waals surface area contributed by atoms with Crippen molar-refractivity contribution in [2.75, 3.05) is 36.1 Å². The Balaban J connectivity index is 1.44. The number of carbonyl (C=O) groups is 1. The van der Waals surface area contributed by atoms with Gasteiger partial charge in [-0.05, 0) is 74.3 Å². The zero-order valence-corrected chi connectivity index (χ0v) is 19.1. The number of fused-ring (bicyclic) bond motifs is 6. The number of amides is 2. The van der Waals surface area contributed by atoms with Crippen LogP contribution in [0.15, 0.2) is 48.7 Å². The van der Waals surface area contributed by atoms with Gasteiger partial charge in [-0.15, -0.1) is 0 Å². The largest absolute Gasteiger partial charge is 0.339 e. The van der Waals surface area contributed by atoms with E-state index in [1.807, 2.05) is 30.3 Å². The highest BCUT2D eigenvalue weighted by Crippen LogP contribution is 2.29. The van der Waals surface area contributed by atoms with Gasteiger partial charge >= 0.3 is 6.03 Å². The topological polar surface area (TPSA) is 94.2 Å². The molecule has 9 heteroatoms. The fourth-order valence-electron chi connectivity index (χ4n) is 4.26. The molecule has 0 saturated carbocycles. The van der Waals surface area contributed by atoms with E-state index in [0.717, 1.165) is 55.0 Å². The molecular weight excluding hydrogens is 438 g/mol. The molecule has 6 bridgehead atoms. The summed E-state index contributed by atoms with van der Waals surface area (Å²) in [5.41, 5.74) is 4.75. The third-order valence-electron chi connectivity index (χ3n) is 5.95. The van der Waals surface area contributed by atoms with Crippen LogP contribution < -0.4 is 21.3 Å². The van der Waals surface area contributed by atoms with Gasteiger partial charge in [0.2, 0.25) is 5.95 Å². The molecule has 2 aliphatic rings. The second-order valence-corrected chi connectivity index (χ2v) is 8.97. The van der Waals surface area contributed by atoms with Crippen LogP contribution in [0.25, 0.3) is 0 Å². The molecule has 4 N–H and O–H groups in total. The van der Waals surface area contributed by atoms with E-state index in [1.165, 1.54) is 5.56 Å². The third-order valence-corrected chi connectivity index (χ3v) is 6.23. The van der Waals surface area contributed by atoms with Crippen molar-refractivity contribution in [3.8, 4) is 0 Å². The van der Waals surface area contributed by atoms with Crippen LogP contribution in [0.4, 0.5) is 33.6 Å². The molecule has 2 aliphatic heterocycles. The van der Waals surface area contributed by atoms with Gasteiger partial charge in [0.15, 0.2) is 5.82 Å². The molecule has 0 spiro atoms. The molecule has 33 heavy (non-hydrogen) atoms. The van der Waals surface area contributed by atoms with Crippen LogP contribution in [0.1, 0.15) is 17.5 Å². The van der Waals surface area contributed by atoms with Crippen molar-refractivity contribution >= 4 is 46.5 Å². The molecule has 8 nitrogen and oxygen atoms in total. The van der Waals surface area contributed by atoms with Gasteiger partial charge in [-0.25, -0.2) is 9.78 Å². The molecule has 1 atom stereocenters. The van der Waals surface area contributed by atoms with Crippen LogP contribution in [0.2, 0.25) is 5.02 Å². The Morgan fingerprint density at radius 3 is 2.88 bits per heavy atom. The number of nitrogens with zero attached hydrogens (tertiary/aromatic N) is 3. The van der Waals surface area contributed by atoms with Gasteiger partial charge < -0.3 is 26.2 Å². The van der Waals surface area contributed by atoms with Crippen LogP contribution in [0, 0.1) is 0 Å². The smallest absolute Gasteiger partial charge is 0.319 e. The minimum Gasteiger partial charge on any atom is -0.339 e.